The van der Waals surface area contributed by atoms with Gasteiger partial charge < -0.3 is 9.80 Å². The Labute approximate surface area is 325 Å². The molecule has 0 aliphatic carbocycles. The highest BCUT2D eigenvalue weighted by Gasteiger charge is 2.23. The lowest BCUT2D eigenvalue weighted by Crippen LogP contribution is -2.12. The number of benzene rings is 9. The molecule has 0 heterocycles. The van der Waals surface area contributed by atoms with Crippen LogP contribution in [-0.2, 0) is 0 Å². The summed E-state index contributed by atoms with van der Waals surface area (Å²) in [6.07, 6.45) is 0. The number of hydrogen-bond donors (Lipinski definition) is 0. The van der Waals surface area contributed by atoms with Crippen molar-refractivity contribution in [1.82, 2.24) is 0 Å². The predicted molar refractivity (Wildman–Crippen MR) is 239 cm³/mol. The summed E-state index contributed by atoms with van der Waals surface area (Å²) in [6.45, 7) is 15.7. The lowest BCUT2D eigenvalue weighted by atomic mass is 9.88. The average molecular weight is 713 g/mol. The Morgan fingerprint density at radius 1 is 0.364 bits per heavy atom. The molecule has 0 aliphatic rings. The summed E-state index contributed by atoms with van der Waals surface area (Å²) in [7, 11) is 0. The van der Waals surface area contributed by atoms with Crippen molar-refractivity contribution in [2.75, 3.05) is 9.80 Å². The number of aryl methyl sites for hydroxylation is 3. The fourth-order valence-electron chi connectivity index (χ4n) is 8.86. The molecule has 2 nitrogen and oxygen atoms in total. The molecule has 9 aromatic rings. The molecule has 0 aliphatic heterocycles. The number of nitrogens with zero attached hydrogens (tertiary/aromatic N) is 2. The lowest BCUT2D eigenvalue weighted by Gasteiger charge is -2.30. The highest BCUT2D eigenvalue weighted by atomic mass is 15.1. The van der Waals surface area contributed by atoms with Crippen molar-refractivity contribution in [3.63, 3.8) is 0 Å². The van der Waals surface area contributed by atoms with Gasteiger partial charge in [0.25, 0.3) is 0 Å². The molecule has 270 valence electrons. The van der Waals surface area contributed by atoms with E-state index in [-0.39, 0.29) is 0 Å². The normalized spacial score (nSPS) is 11.9. The summed E-state index contributed by atoms with van der Waals surface area (Å²) in [5.74, 6) is 0.905. The van der Waals surface area contributed by atoms with Crippen LogP contribution in [0.4, 0.5) is 34.1 Å². The van der Waals surface area contributed by atoms with E-state index in [2.05, 4.69) is 210 Å². The van der Waals surface area contributed by atoms with Gasteiger partial charge in [-0.05, 0) is 153 Å². The molecular weight excluding hydrogens is 665 g/mol. The summed E-state index contributed by atoms with van der Waals surface area (Å²) in [5.41, 5.74) is 13.6. The molecule has 0 spiro atoms. The Morgan fingerprint density at radius 3 is 1.29 bits per heavy atom. The van der Waals surface area contributed by atoms with Crippen molar-refractivity contribution in [3.05, 3.63) is 179 Å². The van der Waals surface area contributed by atoms with Gasteiger partial charge in [0.2, 0.25) is 0 Å². The maximum Gasteiger partial charge on any atom is 0.0540 e. The highest BCUT2D eigenvalue weighted by Crippen LogP contribution is 2.49. The second-order valence-corrected chi connectivity index (χ2v) is 16.0. The second kappa shape index (κ2) is 13.6. The smallest absolute Gasteiger partial charge is 0.0540 e. The summed E-state index contributed by atoms with van der Waals surface area (Å²) in [5, 5.41) is 10.2. The zero-order chi connectivity index (χ0) is 38.0. The number of hydrogen-bond acceptors (Lipinski definition) is 2. The lowest BCUT2D eigenvalue weighted by molar-refractivity contribution is 0.856. The standard InChI is InChI=1S/C53H48N2/c1-33(2)38-21-24-39(25-22-38)54(40-14-8-12-35(5)30-40)50-28-26-45-44-17-11-19-48-51(29-27-46(53(44)48)43-16-10-18-47(50)52(43)45)55(41-15-9-13-36(6)31-41)42-23-20-37(7)49(32-42)34(3)4/h8-34H,1-7H3. The van der Waals surface area contributed by atoms with Crippen LogP contribution < -0.4 is 9.80 Å². The minimum atomic E-state index is 0.429. The molecule has 0 aromatic heterocycles. The van der Waals surface area contributed by atoms with E-state index in [0.29, 0.717) is 11.8 Å². The fourth-order valence-corrected chi connectivity index (χ4v) is 8.86. The van der Waals surface area contributed by atoms with Crippen LogP contribution in [0.25, 0.3) is 43.1 Å². The van der Waals surface area contributed by atoms with E-state index in [9.17, 15) is 0 Å². The summed E-state index contributed by atoms with van der Waals surface area (Å²) < 4.78 is 0. The van der Waals surface area contributed by atoms with E-state index in [1.54, 1.807) is 0 Å². The Kier molecular flexibility index (Phi) is 8.58. The van der Waals surface area contributed by atoms with Crippen molar-refractivity contribution in [1.29, 1.82) is 0 Å². The van der Waals surface area contributed by atoms with Gasteiger partial charge >= 0.3 is 0 Å². The third kappa shape index (κ3) is 5.88. The van der Waals surface area contributed by atoms with Crippen LogP contribution >= 0.6 is 0 Å². The zero-order valence-electron chi connectivity index (χ0n) is 33.0. The molecule has 0 unspecified atom stereocenters. The summed E-state index contributed by atoms with van der Waals surface area (Å²) in [6, 6.07) is 57.0. The van der Waals surface area contributed by atoms with Crippen molar-refractivity contribution in [3.8, 4) is 0 Å². The molecule has 2 heteroatoms. The van der Waals surface area contributed by atoms with Gasteiger partial charge in [0, 0.05) is 33.5 Å². The SMILES string of the molecule is Cc1cccc(N(c2ccc(C(C)C)cc2)c2ccc3c4cccc5c(N(c6cccc(C)c6)c6ccc(C)c(C(C)C)c6)ccc(c6cccc2c36)c54)c1. The average Bonchev–Trinajstić information content (AvgIpc) is 3.18. The first-order valence-corrected chi connectivity index (χ1v) is 19.7. The van der Waals surface area contributed by atoms with Gasteiger partial charge in [-0.2, -0.15) is 0 Å². The Bertz CT molecular complexity index is 2840. The van der Waals surface area contributed by atoms with Crippen LogP contribution in [0.5, 0.6) is 0 Å². The maximum atomic E-state index is 2.46. The van der Waals surface area contributed by atoms with E-state index >= 15 is 0 Å². The Morgan fingerprint density at radius 2 is 0.800 bits per heavy atom. The summed E-state index contributed by atoms with van der Waals surface area (Å²) >= 11 is 0. The van der Waals surface area contributed by atoms with Crippen LogP contribution in [0.2, 0.25) is 0 Å². The molecule has 0 amide bonds. The van der Waals surface area contributed by atoms with Gasteiger partial charge in [-0.15, -0.1) is 0 Å². The first-order valence-electron chi connectivity index (χ1n) is 19.7. The van der Waals surface area contributed by atoms with Crippen molar-refractivity contribution >= 4 is 77.2 Å². The molecule has 0 atom stereocenters. The summed E-state index contributed by atoms with van der Waals surface area (Å²) in [4.78, 5) is 4.90. The van der Waals surface area contributed by atoms with E-state index in [0.717, 1.165) is 11.4 Å². The number of rotatable bonds is 8. The molecule has 9 aromatic carbocycles. The molecule has 0 fully saturated rings. The molecule has 0 saturated carbocycles. The zero-order valence-corrected chi connectivity index (χ0v) is 33.0. The van der Waals surface area contributed by atoms with Gasteiger partial charge in [0.15, 0.2) is 0 Å². The third-order valence-corrected chi connectivity index (χ3v) is 11.6. The Hall–Kier alpha value is -6.12. The number of fused-ring (bicyclic) bond motifs is 2. The predicted octanol–water partition coefficient (Wildman–Crippen LogP) is 15.8. The monoisotopic (exact) mass is 712 g/mol. The van der Waals surface area contributed by atoms with E-state index in [1.165, 1.54) is 93.7 Å². The van der Waals surface area contributed by atoms with Crippen molar-refractivity contribution < 1.29 is 0 Å². The van der Waals surface area contributed by atoms with E-state index in [4.69, 9.17) is 0 Å². The van der Waals surface area contributed by atoms with Crippen LogP contribution in [0.15, 0.2) is 152 Å². The molecule has 0 saturated heterocycles. The van der Waals surface area contributed by atoms with Crippen LogP contribution in [0.1, 0.15) is 67.3 Å². The molecule has 55 heavy (non-hydrogen) atoms. The number of anilines is 6. The molecular formula is C53H48N2. The quantitative estimate of drug-likeness (QED) is 0.114. The second-order valence-electron chi connectivity index (χ2n) is 16.0. The molecule has 9 rings (SSSR count). The van der Waals surface area contributed by atoms with Gasteiger partial charge in [-0.1, -0.05) is 119 Å². The van der Waals surface area contributed by atoms with Crippen molar-refractivity contribution in [2.45, 2.75) is 60.3 Å². The highest BCUT2D eigenvalue weighted by molar-refractivity contribution is 6.35. The largest absolute Gasteiger partial charge is 0.310 e. The molecule has 0 radical (unpaired) electrons. The minimum Gasteiger partial charge on any atom is -0.310 e. The van der Waals surface area contributed by atoms with Crippen molar-refractivity contribution in [2.24, 2.45) is 0 Å². The van der Waals surface area contributed by atoms with Gasteiger partial charge in [-0.25, -0.2) is 0 Å². The van der Waals surface area contributed by atoms with Gasteiger partial charge in [0.1, 0.15) is 0 Å². The van der Waals surface area contributed by atoms with E-state index < -0.39 is 0 Å². The topological polar surface area (TPSA) is 6.48 Å². The maximum absolute atomic E-state index is 2.46. The minimum absolute atomic E-state index is 0.429. The van der Waals surface area contributed by atoms with Gasteiger partial charge in [0.05, 0.1) is 11.4 Å². The van der Waals surface area contributed by atoms with Gasteiger partial charge in [-0.3, -0.25) is 0 Å². The molecule has 0 bridgehead atoms. The van der Waals surface area contributed by atoms with Crippen LogP contribution in [-0.4, -0.2) is 0 Å². The fraction of sp³-hybridized carbons (Fsp3) is 0.170. The third-order valence-electron chi connectivity index (χ3n) is 11.6. The Balaban J connectivity index is 1.30. The first-order chi connectivity index (χ1) is 26.7. The molecule has 0 N–H and O–H groups in total. The van der Waals surface area contributed by atoms with Crippen LogP contribution in [0.3, 0.4) is 0 Å². The van der Waals surface area contributed by atoms with E-state index in [1.807, 2.05) is 0 Å². The van der Waals surface area contributed by atoms with Crippen LogP contribution in [0, 0.1) is 20.8 Å². The first kappa shape index (κ1) is 34.6.